The predicted octanol–water partition coefficient (Wildman–Crippen LogP) is 2.83. The quantitative estimate of drug-likeness (QED) is 0.631. The molecule has 106 valence electrons. The molecule has 0 bridgehead atoms. The molecule has 0 radical (unpaired) electrons. The highest BCUT2D eigenvalue weighted by atomic mass is 16.2. The normalized spacial score (nSPS) is 22.2. The van der Waals surface area contributed by atoms with E-state index in [0.717, 1.165) is 25.7 Å². The maximum atomic E-state index is 12.5. The van der Waals surface area contributed by atoms with Gasteiger partial charge in [-0.25, -0.2) is 0 Å². The summed E-state index contributed by atoms with van der Waals surface area (Å²) in [5.74, 6) is -0.336. The molecule has 1 saturated carbocycles. The van der Waals surface area contributed by atoms with Gasteiger partial charge in [0.05, 0.1) is 11.1 Å². The molecule has 1 aromatic carbocycles. The molecular formula is C16H20N2O2. The van der Waals surface area contributed by atoms with Crippen molar-refractivity contribution in [1.29, 1.82) is 0 Å². The van der Waals surface area contributed by atoms with Crippen LogP contribution in [0.1, 0.15) is 60.2 Å². The zero-order chi connectivity index (χ0) is 14.5. The fourth-order valence-electron chi connectivity index (χ4n) is 3.25. The Hall–Kier alpha value is -1.84. The molecule has 0 atom stereocenters. The third-order valence-corrected chi connectivity index (χ3v) is 4.62. The molecule has 0 saturated heterocycles. The summed E-state index contributed by atoms with van der Waals surface area (Å²) in [7, 11) is 0. The highest BCUT2D eigenvalue weighted by Gasteiger charge is 2.42. The monoisotopic (exact) mass is 272 g/mol. The number of rotatable bonds is 1. The predicted molar refractivity (Wildman–Crippen MR) is 77.4 cm³/mol. The zero-order valence-electron chi connectivity index (χ0n) is 12.0. The van der Waals surface area contributed by atoms with E-state index in [1.165, 1.54) is 4.90 Å². The topological polar surface area (TPSA) is 63.4 Å². The van der Waals surface area contributed by atoms with Crippen molar-refractivity contribution >= 4 is 17.5 Å². The highest BCUT2D eigenvalue weighted by Crippen LogP contribution is 2.39. The smallest absolute Gasteiger partial charge is 0.261 e. The van der Waals surface area contributed by atoms with Crippen LogP contribution in [0.15, 0.2) is 18.2 Å². The second kappa shape index (κ2) is 4.33. The van der Waals surface area contributed by atoms with Crippen molar-refractivity contribution in [3.05, 3.63) is 29.3 Å². The first-order valence-corrected chi connectivity index (χ1v) is 7.16. The van der Waals surface area contributed by atoms with Crippen molar-refractivity contribution in [2.24, 2.45) is 5.41 Å². The number of hydrogen-bond donors (Lipinski definition) is 1. The molecule has 0 unspecified atom stereocenters. The Morgan fingerprint density at radius 3 is 2.35 bits per heavy atom. The molecule has 4 heteroatoms. The average Bonchev–Trinajstić information content (AvgIpc) is 2.63. The van der Waals surface area contributed by atoms with Gasteiger partial charge in [-0.05, 0) is 49.3 Å². The molecule has 1 fully saturated rings. The molecule has 1 aliphatic carbocycles. The van der Waals surface area contributed by atoms with Gasteiger partial charge >= 0.3 is 0 Å². The third-order valence-electron chi connectivity index (χ3n) is 4.62. The van der Waals surface area contributed by atoms with Crippen LogP contribution in [0, 0.1) is 5.41 Å². The molecule has 1 aromatic rings. The molecular weight excluding hydrogens is 252 g/mol. The molecule has 0 aromatic heterocycles. The number of nitrogens with two attached hydrogens (primary N) is 1. The molecule has 3 rings (SSSR count). The number of nitrogens with zero attached hydrogens (tertiary/aromatic N) is 1. The van der Waals surface area contributed by atoms with Crippen LogP contribution in [0.4, 0.5) is 5.69 Å². The van der Waals surface area contributed by atoms with E-state index in [1.54, 1.807) is 18.2 Å². The van der Waals surface area contributed by atoms with E-state index in [9.17, 15) is 9.59 Å². The summed E-state index contributed by atoms with van der Waals surface area (Å²) >= 11 is 0. The number of imide groups is 1. The average molecular weight is 272 g/mol. The summed E-state index contributed by atoms with van der Waals surface area (Å²) in [4.78, 5) is 26.4. The Morgan fingerprint density at radius 2 is 1.70 bits per heavy atom. The van der Waals surface area contributed by atoms with E-state index in [0.29, 0.717) is 22.2 Å². The number of fused-ring (bicyclic) bond motifs is 1. The van der Waals surface area contributed by atoms with Crippen LogP contribution in [-0.2, 0) is 0 Å². The van der Waals surface area contributed by atoms with E-state index >= 15 is 0 Å². The Labute approximate surface area is 118 Å². The number of nitrogen functional groups attached to an aromatic ring is 1. The van der Waals surface area contributed by atoms with E-state index in [2.05, 4.69) is 13.8 Å². The molecule has 1 heterocycles. The summed E-state index contributed by atoms with van der Waals surface area (Å²) in [5, 5.41) is 0. The highest BCUT2D eigenvalue weighted by molar-refractivity contribution is 6.21. The van der Waals surface area contributed by atoms with Crippen molar-refractivity contribution in [1.82, 2.24) is 4.90 Å². The summed E-state index contributed by atoms with van der Waals surface area (Å²) in [6, 6.07) is 4.99. The van der Waals surface area contributed by atoms with Gasteiger partial charge < -0.3 is 5.73 Å². The van der Waals surface area contributed by atoms with Crippen LogP contribution in [0.3, 0.4) is 0 Å². The number of anilines is 1. The molecule has 1 aliphatic heterocycles. The lowest BCUT2D eigenvalue weighted by Gasteiger charge is -2.37. The number of amides is 2. The SMILES string of the molecule is CC1(C)CCC(N2C(=O)c3ccc(N)cc3C2=O)CC1. The molecule has 20 heavy (non-hydrogen) atoms. The third kappa shape index (κ3) is 1.99. The standard InChI is InChI=1S/C16H20N2O2/c1-16(2)7-5-11(6-8-16)18-14(19)12-4-3-10(17)9-13(12)15(18)20/h3-4,9,11H,5-8,17H2,1-2H3. The lowest BCUT2D eigenvalue weighted by atomic mass is 9.75. The molecule has 2 aliphatic rings. The summed E-state index contributed by atoms with van der Waals surface area (Å²) < 4.78 is 0. The Morgan fingerprint density at radius 1 is 1.10 bits per heavy atom. The second-order valence-electron chi connectivity index (χ2n) is 6.68. The Balaban J connectivity index is 1.87. The minimum atomic E-state index is -0.179. The van der Waals surface area contributed by atoms with Crippen molar-refractivity contribution in [3.63, 3.8) is 0 Å². The van der Waals surface area contributed by atoms with Crippen molar-refractivity contribution < 1.29 is 9.59 Å². The van der Waals surface area contributed by atoms with Gasteiger partial charge in [-0.15, -0.1) is 0 Å². The number of hydrogen-bond acceptors (Lipinski definition) is 3. The minimum absolute atomic E-state index is 0.0386. The van der Waals surface area contributed by atoms with Crippen LogP contribution in [0.5, 0.6) is 0 Å². The molecule has 0 spiro atoms. The Bertz CT molecular complexity index is 582. The van der Waals surface area contributed by atoms with Gasteiger partial charge in [0.25, 0.3) is 11.8 Å². The van der Waals surface area contributed by atoms with E-state index in [4.69, 9.17) is 5.73 Å². The van der Waals surface area contributed by atoms with Crippen molar-refractivity contribution in [2.75, 3.05) is 5.73 Å². The number of carbonyl (C=O) groups is 2. The fourth-order valence-corrected chi connectivity index (χ4v) is 3.25. The summed E-state index contributed by atoms with van der Waals surface area (Å²) in [6.45, 7) is 4.48. The minimum Gasteiger partial charge on any atom is -0.399 e. The first-order chi connectivity index (χ1) is 9.39. The molecule has 2 amide bonds. The van der Waals surface area contributed by atoms with Crippen LogP contribution in [-0.4, -0.2) is 22.8 Å². The maximum absolute atomic E-state index is 12.5. The van der Waals surface area contributed by atoms with E-state index < -0.39 is 0 Å². The summed E-state index contributed by atoms with van der Waals surface area (Å²) in [5.41, 5.74) is 7.51. The lowest BCUT2D eigenvalue weighted by Crippen LogP contribution is -2.43. The van der Waals surface area contributed by atoms with Crippen LogP contribution >= 0.6 is 0 Å². The van der Waals surface area contributed by atoms with E-state index in [-0.39, 0.29) is 17.9 Å². The van der Waals surface area contributed by atoms with Gasteiger partial charge in [-0.3, -0.25) is 14.5 Å². The van der Waals surface area contributed by atoms with Crippen LogP contribution < -0.4 is 5.73 Å². The zero-order valence-corrected chi connectivity index (χ0v) is 12.0. The maximum Gasteiger partial charge on any atom is 0.261 e. The Kier molecular flexibility index (Phi) is 2.85. The van der Waals surface area contributed by atoms with Crippen molar-refractivity contribution in [3.8, 4) is 0 Å². The molecule has 2 N–H and O–H groups in total. The van der Waals surface area contributed by atoms with E-state index in [1.807, 2.05) is 0 Å². The van der Waals surface area contributed by atoms with Gasteiger partial charge in [0.2, 0.25) is 0 Å². The lowest BCUT2D eigenvalue weighted by molar-refractivity contribution is 0.0495. The van der Waals surface area contributed by atoms with Crippen LogP contribution in [0.2, 0.25) is 0 Å². The number of benzene rings is 1. The van der Waals surface area contributed by atoms with Gasteiger partial charge in [-0.1, -0.05) is 13.8 Å². The summed E-state index contributed by atoms with van der Waals surface area (Å²) in [6.07, 6.45) is 3.89. The van der Waals surface area contributed by atoms with Gasteiger partial charge in [0.15, 0.2) is 0 Å². The largest absolute Gasteiger partial charge is 0.399 e. The second-order valence-corrected chi connectivity index (χ2v) is 6.68. The first-order valence-electron chi connectivity index (χ1n) is 7.16. The van der Waals surface area contributed by atoms with Gasteiger partial charge in [0, 0.05) is 11.7 Å². The number of carbonyl (C=O) groups excluding carboxylic acids is 2. The fraction of sp³-hybridized carbons (Fsp3) is 0.500. The molecule has 4 nitrogen and oxygen atoms in total. The van der Waals surface area contributed by atoms with Gasteiger partial charge in [-0.2, -0.15) is 0 Å². The van der Waals surface area contributed by atoms with Crippen LogP contribution in [0.25, 0.3) is 0 Å². The first kappa shape index (κ1) is 13.2. The van der Waals surface area contributed by atoms with Gasteiger partial charge in [0.1, 0.15) is 0 Å². The van der Waals surface area contributed by atoms with Crippen molar-refractivity contribution in [2.45, 2.75) is 45.6 Å².